The van der Waals surface area contributed by atoms with E-state index in [0.29, 0.717) is 5.69 Å². The van der Waals surface area contributed by atoms with Crippen LogP contribution in [0.3, 0.4) is 0 Å². The molecule has 0 heterocycles. The van der Waals surface area contributed by atoms with Crippen molar-refractivity contribution in [3.8, 4) is 0 Å². The fourth-order valence-electron chi connectivity index (χ4n) is 1.58. The quantitative estimate of drug-likeness (QED) is 0.599. The van der Waals surface area contributed by atoms with Crippen molar-refractivity contribution in [1.29, 1.82) is 0 Å². The number of hydrogen-bond acceptors (Lipinski definition) is 5. The summed E-state index contributed by atoms with van der Waals surface area (Å²) in [6.07, 6.45) is -0.137. The molecule has 0 bridgehead atoms. The molecule has 0 aliphatic heterocycles. The van der Waals surface area contributed by atoms with Gasteiger partial charge in [0.05, 0.1) is 18.8 Å². The van der Waals surface area contributed by atoms with Crippen LogP contribution in [-0.4, -0.2) is 38.1 Å². The van der Waals surface area contributed by atoms with Gasteiger partial charge in [0.25, 0.3) is 0 Å². The molecule has 0 aliphatic rings. The van der Waals surface area contributed by atoms with Crippen LogP contribution in [0.1, 0.15) is 18.9 Å². The van der Waals surface area contributed by atoms with E-state index >= 15 is 0 Å². The van der Waals surface area contributed by atoms with Crippen LogP contribution < -0.4 is 5.73 Å². The normalized spacial score (nSPS) is 11.6. The lowest BCUT2D eigenvalue weighted by Crippen LogP contribution is -2.30. The first-order valence-electron chi connectivity index (χ1n) is 6.29. The lowest BCUT2D eigenvalue weighted by molar-refractivity contribution is -0.142. The standard InChI is InChI=1S/C13H20N2O4S/c1-3-19-13(16)8-9-20(17,18)15(2)10-11-4-6-12(14)7-5-11/h4-7H,3,8-10,14H2,1-2H3. The first kappa shape index (κ1) is 16.5. The third-order valence-corrected chi connectivity index (χ3v) is 4.53. The third kappa shape index (κ3) is 5.18. The van der Waals surface area contributed by atoms with Crippen molar-refractivity contribution in [2.24, 2.45) is 0 Å². The molecule has 0 fully saturated rings. The molecule has 2 N–H and O–H groups in total. The van der Waals surface area contributed by atoms with E-state index in [1.807, 2.05) is 0 Å². The number of nitrogens with two attached hydrogens (primary N) is 1. The molecule has 1 rings (SSSR count). The number of esters is 1. The van der Waals surface area contributed by atoms with E-state index in [1.165, 1.54) is 11.4 Å². The highest BCUT2D eigenvalue weighted by molar-refractivity contribution is 7.89. The van der Waals surface area contributed by atoms with Gasteiger partial charge in [0.2, 0.25) is 10.0 Å². The number of nitrogens with zero attached hydrogens (tertiary/aromatic N) is 1. The van der Waals surface area contributed by atoms with Crippen molar-refractivity contribution in [2.45, 2.75) is 19.9 Å². The number of benzene rings is 1. The Bertz CT molecular complexity index is 540. The van der Waals surface area contributed by atoms with Crippen molar-refractivity contribution in [1.82, 2.24) is 4.31 Å². The number of anilines is 1. The summed E-state index contributed by atoms with van der Waals surface area (Å²) >= 11 is 0. The maximum Gasteiger partial charge on any atom is 0.306 e. The molecule has 0 unspecified atom stereocenters. The van der Waals surface area contributed by atoms with Crippen LogP contribution in [-0.2, 0) is 26.1 Å². The summed E-state index contributed by atoms with van der Waals surface area (Å²) in [5, 5.41) is 0. The predicted molar refractivity (Wildman–Crippen MR) is 77.4 cm³/mol. The zero-order valence-corrected chi connectivity index (χ0v) is 12.5. The highest BCUT2D eigenvalue weighted by Gasteiger charge is 2.19. The summed E-state index contributed by atoms with van der Waals surface area (Å²) in [5.41, 5.74) is 7.03. The Morgan fingerprint density at radius 1 is 1.30 bits per heavy atom. The van der Waals surface area contributed by atoms with Crippen LogP contribution in [0.2, 0.25) is 0 Å². The van der Waals surface area contributed by atoms with Crippen LogP contribution >= 0.6 is 0 Å². The van der Waals surface area contributed by atoms with Gasteiger partial charge in [-0.3, -0.25) is 4.79 Å². The van der Waals surface area contributed by atoms with Gasteiger partial charge in [-0.15, -0.1) is 0 Å². The molecule has 1 aromatic rings. The van der Waals surface area contributed by atoms with Gasteiger partial charge in [0, 0.05) is 19.3 Å². The second-order valence-electron chi connectivity index (χ2n) is 4.37. The Morgan fingerprint density at radius 2 is 1.90 bits per heavy atom. The molecule has 0 atom stereocenters. The molecule has 1 aromatic carbocycles. The molecule has 0 saturated heterocycles. The number of hydrogen-bond donors (Lipinski definition) is 1. The van der Waals surface area contributed by atoms with Gasteiger partial charge >= 0.3 is 5.97 Å². The van der Waals surface area contributed by atoms with Gasteiger partial charge in [0.15, 0.2) is 0 Å². The minimum Gasteiger partial charge on any atom is -0.466 e. The average molecular weight is 300 g/mol. The number of carbonyl (C=O) groups excluding carboxylic acids is 1. The zero-order chi connectivity index (χ0) is 15.2. The number of sulfonamides is 1. The number of carbonyl (C=O) groups is 1. The molecule has 7 heteroatoms. The average Bonchev–Trinajstić information content (AvgIpc) is 2.39. The zero-order valence-electron chi connectivity index (χ0n) is 11.7. The lowest BCUT2D eigenvalue weighted by atomic mass is 10.2. The highest BCUT2D eigenvalue weighted by atomic mass is 32.2. The van der Waals surface area contributed by atoms with Gasteiger partial charge in [-0.1, -0.05) is 12.1 Å². The largest absolute Gasteiger partial charge is 0.466 e. The Hall–Kier alpha value is -1.60. The van der Waals surface area contributed by atoms with Crippen LogP contribution in [0.25, 0.3) is 0 Å². The second-order valence-corrected chi connectivity index (χ2v) is 6.56. The molecule has 0 radical (unpaired) electrons. The van der Waals surface area contributed by atoms with E-state index in [2.05, 4.69) is 0 Å². The summed E-state index contributed by atoms with van der Waals surface area (Å²) in [6, 6.07) is 6.97. The highest BCUT2D eigenvalue weighted by Crippen LogP contribution is 2.11. The minimum atomic E-state index is -3.48. The van der Waals surface area contributed by atoms with E-state index in [9.17, 15) is 13.2 Å². The number of rotatable bonds is 7. The minimum absolute atomic E-state index is 0.137. The van der Waals surface area contributed by atoms with E-state index in [0.717, 1.165) is 5.56 Å². The van der Waals surface area contributed by atoms with Crippen molar-refractivity contribution in [2.75, 3.05) is 25.1 Å². The first-order chi connectivity index (χ1) is 9.35. The number of nitrogen functional groups attached to an aromatic ring is 1. The molecular weight excluding hydrogens is 280 g/mol. The summed E-state index contributed by atoms with van der Waals surface area (Å²) in [5.74, 6) is -0.755. The molecule has 112 valence electrons. The molecule has 20 heavy (non-hydrogen) atoms. The van der Waals surface area contributed by atoms with Crippen LogP contribution in [0.5, 0.6) is 0 Å². The summed E-state index contributed by atoms with van der Waals surface area (Å²) in [7, 11) is -2.00. The monoisotopic (exact) mass is 300 g/mol. The van der Waals surface area contributed by atoms with Gasteiger partial charge in [-0.05, 0) is 24.6 Å². The molecule has 0 spiro atoms. The predicted octanol–water partition coefficient (Wildman–Crippen LogP) is 0.984. The molecule has 0 aromatic heterocycles. The smallest absolute Gasteiger partial charge is 0.306 e. The molecule has 0 saturated carbocycles. The van der Waals surface area contributed by atoms with Crippen molar-refractivity contribution in [3.05, 3.63) is 29.8 Å². The topological polar surface area (TPSA) is 89.7 Å². The Kier molecular flexibility index (Phi) is 5.97. The van der Waals surface area contributed by atoms with Gasteiger partial charge < -0.3 is 10.5 Å². The van der Waals surface area contributed by atoms with Crippen LogP contribution in [0.15, 0.2) is 24.3 Å². The van der Waals surface area contributed by atoms with E-state index in [1.54, 1.807) is 31.2 Å². The Balaban J connectivity index is 2.58. The maximum absolute atomic E-state index is 12.0. The van der Waals surface area contributed by atoms with E-state index in [-0.39, 0.29) is 25.3 Å². The summed E-state index contributed by atoms with van der Waals surface area (Å²) < 4.78 is 29.9. The Labute approximate surface area is 119 Å². The summed E-state index contributed by atoms with van der Waals surface area (Å²) in [4.78, 5) is 11.2. The molecular formula is C13H20N2O4S. The fraction of sp³-hybridized carbons (Fsp3) is 0.462. The van der Waals surface area contributed by atoms with Gasteiger partial charge in [0.1, 0.15) is 0 Å². The van der Waals surface area contributed by atoms with Crippen molar-refractivity contribution < 1.29 is 17.9 Å². The van der Waals surface area contributed by atoms with Gasteiger partial charge in [-0.2, -0.15) is 0 Å². The maximum atomic E-state index is 12.0. The Morgan fingerprint density at radius 3 is 2.45 bits per heavy atom. The fourth-order valence-corrected chi connectivity index (χ4v) is 2.66. The molecule has 0 aliphatic carbocycles. The van der Waals surface area contributed by atoms with E-state index in [4.69, 9.17) is 10.5 Å². The van der Waals surface area contributed by atoms with Crippen LogP contribution in [0, 0.1) is 0 Å². The summed E-state index contributed by atoms with van der Waals surface area (Å²) in [6.45, 7) is 2.17. The third-order valence-electron chi connectivity index (χ3n) is 2.73. The molecule has 6 nitrogen and oxygen atoms in total. The van der Waals surface area contributed by atoms with E-state index < -0.39 is 16.0 Å². The van der Waals surface area contributed by atoms with Crippen LogP contribution in [0.4, 0.5) is 5.69 Å². The lowest BCUT2D eigenvalue weighted by Gasteiger charge is -2.17. The first-order valence-corrected chi connectivity index (χ1v) is 7.90. The van der Waals surface area contributed by atoms with Crippen molar-refractivity contribution in [3.63, 3.8) is 0 Å². The van der Waals surface area contributed by atoms with Gasteiger partial charge in [-0.25, -0.2) is 12.7 Å². The molecule has 0 amide bonds. The SMILES string of the molecule is CCOC(=O)CCS(=O)(=O)N(C)Cc1ccc(N)cc1. The van der Waals surface area contributed by atoms with Crippen molar-refractivity contribution >= 4 is 21.7 Å². The second kappa shape index (κ2) is 7.25. The number of ether oxygens (including phenoxy) is 1.